The normalized spacial score (nSPS) is 21.1. The number of nitrogens with one attached hydrogen (secondary N) is 1. The fourth-order valence-electron chi connectivity index (χ4n) is 2.99. The van der Waals surface area contributed by atoms with Crippen LogP contribution in [0, 0.1) is 11.7 Å². The van der Waals surface area contributed by atoms with Crippen LogP contribution in [0.5, 0.6) is 0 Å². The minimum absolute atomic E-state index is 0.000242. The third-order valence-corrected chi connectivity index (χ3v) is 5.32. The SMILES string of the molecule is O=C(NC1CCCCC1CO)c1cnc(-c2ccccc2F)s1. The molecule has 2 unspecified atom stereocenters. The van der Waals surface area contributed by atoms with Gasteiger partial charge in [0.2, 0.25) is 0 Å². The van der Waals surface area contributed by atoms with E-state index in [-0.39, 0.29) is 30.3 Å². The summed E-state index contributed by atoms with van der Waals surface area (Å²) in [5, 5.41) is 12.9. The Hall–Kier alpha value is -1.79. The van der Waals surface area contributed by atoms with Crippen LogP contribution in [0.25, 0.3) is 10.6 Å². The number of hydrogen-bond acceptors (Lipinski definition) is 4. The molecular formula is C17H19FN2O2S. The lowest BCUT2D eigenvalue weighted by Gasteiger charge is -2.30. The summed E-state index contributed by atoms with van der Waals surface area (Å²) in [5.41, 5.74) is 0.405. The van der Waals surface area contributed by atoms with E-state index < -0.39 is 0 Å². The summed E-state index contributed by atoms with van der Waals surface area (Å²) in [6.45, 7) is 0.0914. The number of aliphatic hydroxyl groups excluding tert-OH is 1. The van der Waals surface area contributed by atoms with E-state index in [0.717, 1.165) is 25.7 Å². The van der Waals surface area contributed by atoms with Crippen molar-refractivity contribution in [3.05, 3.63) is 41.2 Å². The zero-order valence-corrected chi connectivity index (χ0v) is 13.5. The van der Waals surface area contributed by atoms with Gasteiger partial charge in [-0.3, -0.25) is 4.79 Å². The largest absolute Gasteiger partial charge is 0.396 e. The van der Waals surface area contributed by atoms with E-state index in [4.69, 9.17) is 0 Å². The van der Waals surface area contributed by atoms with Gasteiger partial charge in [0.1, 0.15) is 15.7 Å². The highest BCUT2D eigenvalue weighted by molar-refractivity contribution is 7.16. The Balaban J connectivity index is 1.72. The number of halogens is 1. The molecule has 0 radical (unpaired) electrons. The predicted molar refractivity (Wildman–Crippen MR) is 87.8 cm³/mol. The van der Waals surface area contributed by atoms with Gasteiger partial charge in [-0.05, 0) is 25.0 Å². The predicted octanol–water partition coefficient (Wildman–Crippen LogP) is 3.23. The summed E-state index contributed by atoms with van der Waals surface area (Å²) < 4.78 is 13.8. The number of aliphatic hydroxyl groups is 1. The molecule has 1 aliphatic carbocycles. The summed E-state index contributed by atoms with van der Waals surface area (Å²) in [7, 11) is 0. The number of nitrogens with zero attached hydrogens (tertiary/aromatic N) is 1. The van der Waals surface area contributed by atoms with Gasteiger partial charge in [0, 0.05) is 24.1 Å². The quantitative estimate of drug-likeness (QED) is 0.902. The Morgan fingerprint density at radius 1 is 1.35 bits per heavy atom. The van der Waals surface area contributed by atoms with Crippen molar-refractivity contribution in [2.45, 2.75) is 31.7 Å². The monoisotopic (exact) mass is 334 g/mol. The second-order valence-electron chi connectivity index (χ2n) is 5.82. The zero-order chi connectivity index (χ0) is 16.2. The Bertz CT molecular complexity index is 689. The molecule has 1 aromatic heterocycles. The maximum atomic E-state index is 13.8. The van der Waals surface area contributed by atoms with Crippen LogP contribution < -0.4 is 5.32 Å². The Labute approximate surface area is 138 Å². The van der Waals surface area contributed by atoms with Gasteiger partial charge in [-0.15, -0.1) is 11.3 Å². The van der Waals surface area contributed by atoms with Gasteiger partial charge in [0.15, 0.2) is 0 Å². The maximum Gasteiger partial charge on any atom is 0.263 e. The number of benzene rings is 1. The average molecular weight is 334 g/mol. The maximum absolute atomic E-state index is 13.8. The minimum Gasteiger partial charge on any atom is -0.396 e. The molecule has 2 N–H and O–H groups in total. The number of carbonyl (C=O) groups is 1. The molecule has 0 bridgehead atoms. The Kier molecular flexibility index (Phi) is 5.03. The number of amides is 1. The lowest BCUT2D eigenvalue weighted by molar-refractivity contribution is 0.0876. The van der Waals surface area contributed by atoms with Crippen molar-refractivity contribution in [2.75, 3.05) is 6.61 Å². The molecule has 1 fully saturated rings. The fourth-order valence-corrected chi connectivity index (χ4v) is 3.84. The molecule has 1 amide bonds. The van der Waals surface area contributed by atoms with Crippen molar-refractivity contribution < 1.29 is 14.3 Å². The smallest absolute Gasteiger partial charge is 0.263 e. The van der Waals surface area contributed by atoms with E-state index in [1.165, 1.54) is 23.6 Å². The van der Waals surface area contributed by atoms with Crippen molar-refractivity contribution in [1.82, 2.24) is 10.3 Å². The van der Waals surface area contributed by atoms with Crippen molar-refractivity contribution >= 4 is 17.2 Å². The molecule has 122 valence electrons. The lowest BCUT2D eigenvalue weighted by atomic mass is 9.85. The molecule has 4 nitrogen and oxygen atoms in total. The van der Waals surface area contributed by atoms with Crippen LogP contribution in [0.4, 0.5) is 4.39 Å². The molecule has 1 aromatic carbocycles. The van der Waals surface area contributed by atoms with Crippen LogP contribution in [0.15, 0.2) is 30.5 Å². The number of aromatic nitrogens is 1. The molecule has 0 aliphatic heterocycles. The van der Waals surface area contributed by atoms with E-state index in [9.17, 15) is 14.3 Å². The lowest BCUT2D eigenvalue weighted by Crippen LogP contribution is -2.43. The molecule has 1 heterocycles. The highest BCUT2D eigenvalue weighted by Gasteiger charge is 2.26. The van der Waals surface area contributed by atoms with E-state index in [1.54, 1.807) is 18.2 Å². The third kappa shape index (κ3) is 3.59. The van der Waals surface area contributed by atoms with Gasteiger partial charge >= 0.3 is 0 Å². The molecule has 2 atom stereocenters. The molecule has 6 heteroatoms. The van der Waals surface area contributed by atoms with Crippen LogP contribution in [0.3, 0.4) is 0 Å². The van der Waals surface area contributed by atoms with Crippen LogP contribution in [-0.2, 0) is 0 Å². The minimum atomic E-state index is -0.346. The van der Waals surface area contributed by atoms with Crippen molar-refractivity contribution in [3.8, 4) is 10.6 Å². The first-order valence-corrected chi connectivity index (χ1v) is 8.63. The average Bonchev–Trinajstić information content (AvgIpc) is 3.05. The standard InChI is InChI=1S/C17H19FN2O2S/c18-13-7-3-2-6-12(13)17-19-9-15(23-17)16(22)20-14-8-4-1-5-11(14)10-21/h2-3,6-7,9,11,14,21H,1,4-5,8,10H2,(H,20,22). The summed E-state index contributed by atoms with van der Waals surface area (Å²) >= 11 is 1.18. The van der Waals surface area contributed by atoms with E-state index in [0.29, 0.717) is 15.4 Å². The number of rotatable bonds is 4. The van der Waals surface area contributed by atoms with Gasteiger partial charge in [-0.2, -0.15) is 0 Å². The highest BCUT2D eigenvalue weighted by Crippen LogP contribution is 2.28. The molecule has 3 rings (SSSR count). The number of thiazole rings is 1. The van der Waals surface area contributed by atoms with Crippen LogP contribution in [-0.4, -0.2) is 28.6 Å². The van der Waals surface area contributed by atoms with Crippen molar-refractivity contribution in [3.63, 3.8) is 0 Å². The fraction of sp³-hybridized carbons (Fsp3) is 0.412. The first-order chi connectivity index (χ1) is 11.2. The molecule has 2 aromatic rings. The van der Waals surface area contributed by atoms with Crippen LogP contribution in [0.1, 0.15) is 35.4 Å². The topological polar surface area (TPSA) is 62.2 Å². The summed E-state index contributed by atoms with van der Waals surface area (Å²) in [5.74, 6) is -0.427. The molecule has 0 spiro atoms. The van der Waals surface area contributed by atoms with Gasteiger partial charge in [0.05, 0.1) is 6.20 Å². The number of hydrogen-bond donors (Lipinski definition) is 2. The Morgan fingerprint density at radius 3 is 2.91 bits per heavy atom. The van der Waals surface area contributed by atoms with Gasteiger partial charge < -0.3 is 10.4 Å². The first kappa shape index (κ1) is 16.1. The van der Waals surface area contributed by atoms with E-state index >= 15 is 0 Å². The highest BCUT2D eigenvalue weighted by atomic mass is 32.1. The first-order valence-electron chi connectivity index (χ1n) is 7.81. The molecule has 23 heavy (non-hydrogen) atoms. The summed E-state index contributed by atoms with van der Waals surface area (Å²) in [6.07, 6.45) is 5.46. The van der Waals surface area contributed by atoms with Gasteiger partial charge in [-0.25, -0.2) is 9.37 Å². The van der Waals surface area contributed by atoms with Crippen molar-refractivity contribution in [1.29, 1.82) is 0 Å². The van der Waals surface area contributed by atoms with Gasteiger partial charge in [0.25, 0.3) is 5.91 Å². The summed E-state index contributed by atoms with van der Waals surface area (Å²) in [6, 6.07) is 6.40. The van der Waals surface area contributed by atoms with Crippen molar-refractivity contribution in [2.24, 2.45) is 5.92 Å². The number of carbonyl (C=O) groups excluding carboxylic acids is 1. The molecular weight excluding hydrogens is 315 g/mol. The third-order valence-electron chi connectivity index (χ3n) is 4.29. The van der Waals surface area contributed by atoms with Crippen LogP contribution >= 0.6 is 11.3 Å². The van der Waals surface area contributed by atoms with E-state index in [1.807, 2.05) is 0 Å². The summed E-state index contributed by atoms with van der Waals surface area (Å²) in [4.78, 5) is 17.0. The molecule has 1 saturated carbocycles. The zero-order valence-electron chi connectivity index (χ0n) is 12.7. The Morgan fingerprint density at radius 2 is 2.13 bits per heavy atom. The second kappa shape index (κ2) is 7.19. The second-order valence-corrected chi connectivity index (χ2v) is 6.85. The molecule has 1 aliphatic rings. The molecule has 0 saturated heterocycles. The van der Waals surface area contributed by atoms with Crippen LogP contribution in [0.2, 0.25) is 0 Å². The van der Waals surface area contributed by atoms with E-state index in [2.05, 4.69) is 10.3 Å². The van der Waals surface area contributed by atoms with Gasteiger partial charge in [-0.1, -0.05) is 25.0 Å².